The fourth-order valence-corrected chi connectivity index (χ4v) is 2.91. The van der Waals surface area contributed by atoms with Crippen LogP contribution in [0.15, 0.2) is 48.7 Å². The quantitative estimate of drug-likeness (QED) is 0.734. The Morgan fingerprint density at radius 2 is 2.12 bits per heavy atom. The molecule has 7 heteroatoms. The van der Waals surface area contributed by atoms with Crippen molar-refractivity contribution in [2.75, 3.05) is 5.32 Å². The molecule has 26 heavy (non-hydrogen) atoms. The summed E-state index contributed by atoms with van der Waals surface area (Å²) in [5.74, 6) is -1.09. The number of nitrogens with one attached hydrogen (secondary N) is 1. The standard InChI is InChI=1S/C19H15ClFN3O2/c1-19(26,11-24-10-16(21)14-4-2-3-5-17(14)24)18(25)23-13-7-6-12(9-22)15(20)8-13/h2-8,10,26H,11H2,1H3,(H,23,25)/t19-/m0/s1. The van der Waals surface area contributed by atoms with Crippen LogP contribution in [-0.2, 0) is 11.3 Å². The number of hydrogen-bond acceptors (Lipinski definition) is 3. The van der Waals surface area contributed by atoms with Crippen LogP contribution in [0.4, 0.5) is 10.1 Å². The van der Waals surface area contributed by atoms with E-state index in [-0.39, 0.29) is 17.1 Å². The number of aliphatic hydroxyl groups is 1. The Balaban J connectivity index is 1.82. The fourth-order valence-electron chi connectivity index (χ4n) is 2.69. The zero-order valence-electron chi connectivity index (χ0n) is 13.8. The maximum Gasteiger partial charge on any atom is 0.257 e. The van der Waals surface area contributed by atoms with E-state index in [9.17, 15) is 14.3 Å². The fraction of sp³-hybridized carbons (Fsp3) is 0.158. The first-order valence-corrected chi connectivity index (χ1v) is 8.16. The van der Waals surface area contributed by atoms with Gasteiger partial charge in [0, 0.05) is 17.3 Å². The number of carbonyl (C=O) groups is 1. The molecule has 0 bridgehead atoms. The van der Waals surface area contributed by atoms with Crippen molar-refractivity contribution < 1.29 is 14.3 Å². The summed E-state index contributed by atoms with van der Waals surface area (Å²) in [6.45, 7) is 1.22. The van der Waals surface area contributed by atoms with Crippen LogP contribution in [0, 0.1) is 17.1 Å². The minimum absolute atomic E-state index is 0.132. The third-order valence-corrected chi connectivity index (χ3v) is 4.37. The van der Waals surface area contributed by atoms with Gasteiger partial charge in [-0.25, -0.2) is 4.39 Å². The van der Waals surface area contributed by atoms with Crippen LogP contribution in [0.25, 0.3) is 10.9 Å². The van der Waals surface area contributed by atoms with Gasteiger partial charge in [-0.3, -0.25) is 4.79 Å². The number of amides is 1. The number of nitriles is 1. The zero-order valence-corrected chi connectivity index (χ0v) is 14.6. The molecule has 0 aliphatic carbocycles. The number of nitrogens with zero attached hydrogens (tertiary/aromatic N) is 2. The van der Waals surface area contributed by atoms with E-state index >= 15 is 0 Å². The second kappa shape index (κ2) is 6.79. The number of carbonyl (C=O) groups excluding carboxylic acids is 1. The summed E-state index contributed by atoms with van der Waals surface area (Å²) >= 11 is 5.94. The maximum atomic E-state index is 14.0. The van der Waals surface area contributed by atoms with Crippen molar-refractivity contribution in [2.45, 2.75) is 19.1 Å². The van der Waals surface area contributed by atoms with E-state index in [0.717, 1.165) is 0 Å². The lowest BCUT2D eigenvalue weighted by molar-refractivity contribution is -0.133. The van der Waals surface area contributed by atoms with Crippen molar-refractivity contribution in [3.8, 4) is 6.07 Å². The molecule has 1 atom stereocenters. The van der Waals surface area contributed by atoms with Crippen LogP contribution in [0.3, 0.4) is 0 Å². The van der Waals surface area contributed by atoms with Gasteiger partial charge in [-0.2, -0.15) is 5.26 Å². The van der Waals surface area contributed by atoms with Gasteiger partial charge in [0.25, 0.3) is 5.91 Å². The molecule has 1 heterocycles. The molecular weight excluding hydrogens is 357 g/mol. The lowest BCUT2D eigenvalue weighted by Gasteiger charge is -2.23. The second-order valence-corrected chi connectivity index (χ2v) is 6.56. The molecule has 0 radical (unpaired) electrons. The minimum atomic E-state index is -1.80. The molecule has 132 valence electrons. The third kappa shape index (κ3) is 3.40. The molecule has 3 rings (SSSR count). The Labute approximate surface area is 154 Å². The van der Waals surface area contributed by atoms with Crippen molar-refractivity contribution in [3.63, 3.8) is 0 Å². The Morgan fingerprint density at radius 3 is 2.81 bits per heavy atom. The van der Waals surface area contributed by atoms with Crippen molar-refractivity contribution in [2.24, 2.45) is 0 Å². The van der Waals surface area contributed by atoms with Crippen LogP contribution < -0.4 is 5.32 Å². The second-order valence-electron chi connectivity index (χ2n) is 6.16. The number of para-hydroxylation sites is 1. The van der Waals surface area contributed by atoms with Gasteiger partial charge in [-0.15, -0.1) is 0 Å². The average molecular weight is 372 g/mol. The Hall–Kier alpha value is -2.88. The topological polar surface area (TPSA) is 78.1 Å². The molecule has 0 fully saturated rings. The van der Waals surface area contributed by atoms with Gasteiger partial charge >= 0.3 is 0 Å². The molecule has 0 saturated carbocycles. The summed E-state index contributed by atoms with van der Waals surface area (Å²) in [7, 11) is 0. The predicted octanol–water partition coefficient (Wildman–Crippen LogP) is 3.70. The highest BCUT2D eigenvalue weighted by Crippen LogP contribution is 2.24. The third-order valence-electron chi connectivity index (χ3n) is 4.05. The SMILES string of the molecule is C[C@](O)(Cn1cc(F)c2ccccc21)C(=O)Nc1ccc(C#N)c(Cl)c1. The van der Waals surface area contributed by atoms with Crippen molar-refractivity contribution in [1.82, 2.24) is 4.57 Å². The molecular formula is C19H15ClFN3O2. The summed E-state index contributed by atoms with van der Waals surface area (Å²) in [6.07, 6.45) is 1.25. The molecule has 0 spiro atoms. The molecule has 2 N–H and O–H groups in total. The Morgan fingerprint density at radius 1 is 1.38 bits per heavy atom. The normalized spacial score (nSPS) is 13.2. The van der Waals surface area contributed by atoms with Gasteiger partial charge in [-0.05, 0) is 37.3 Å². The predicted molar refractivity (Wildman–Crippen MR) is 97.3 cm³/mol. The van der Waals surface area contributed by atoms with Gasteiger partial charge < -0.3 is 15.0 Å². The first-order valence-electron chi connectivity index (χ1n) is 7.78. The summed E-state index contributed by atoms with van der Waals surface area (Å²) in [5.41, 5.74) is -0.581. The number of rotatable bonds is 4. The summed E-state index contributed by atoms with van der Waals surface area (Å²) in [4.78, 5) is 12.5. The summed E-state index contributed by atoms with van der Waals surface area (Å²) in [5, 5.41) is 22.7. The highest BCUT2D eigenvalue weighted by molar-refractivity contribution is 6.32. The maximum absolute atomic E-state index is 14.0. The molecule has 0 unspecified atom stereocenters. The molecule has 0 aliphatic heterocycles. The van der Waals surface area contributed by atoms with Gasteiger partial charge in [0.15, 0.2) is 5.60 Å². The van der Waals surface area contributed by atoms with Crippen LogP contribution in [0.1, 0.15) is 12.5 Å². The summed E-state index contributed by atoms with van der Waals surface area (Å²) < 4.78 is 15.5. The largest absolute Gasteiger partial charge is 0.378 e. The van der Waals surface area contributed by atoms with Gasteiger partial charge in [0.1, 0.15) is 11.9 Å². The van der Waals surface area contributed by atoms with Crippen LogP contribution in [0.2, 0.25) is 5.02 Å². The van der Waals surface area contributed by atoms with Crippen molar-refractivity contribution >= 4 is 34.1 Å². The van der Waals surface area contributed by atoms with E-state index in [1.165, 1.54) is 35.9 Å². The molecule has 5 nitrogen and oxygen atoms in total. The van der Waals surface area contributed by atoms with Crippen molar-refractivity contribution in [3.05, 3.63) is 65.1 Å². The molecule has 1 aromatic heterocycles. The number of fused-ring (bicyclic) bond motifs is 1. The lowest BCUT2D eigenvalue weighted by atomic mass is 10.1. The van der Waals surface area contributed by atoms with E-state index in [1.807, 2.05) is 6.07 Å². The summed E-state index contributed by atoms with van der Waals surface area (Å²) in [6, 6.07) is 13.2. The zero-order chi connectivity index (χ0) is 18.9. The number of hydrogen-bond donors (Lipinski definition) is 2. The molecule has 0 saturated heterocycles. The first-order chi connectivity index (χ1) is 12.3. The van der Waals surface area contributed by atoms with Crippen LogP contribution >= 0.6 is 11.6 Å². The van der Waals surface area contributed by atoms with Crippen LogP contribution in [-0.4, -0.2) is 21.2 Å². The van der Waals surface area contributed by atoms with Gasteiger partial charge in [0.2, 0.25) is 0 Å². The van der Waals surface area contributed by atoms with Crippen molar-refractivity contribution in [1.29, 1.82) is 5.26 Å². The molecule has 0 aliphatic rings. The van der Waals surface area contributed by atoms with E-state index in [4.69, 9.17) is 16.9 Å². The highest BCUT2D eigenvalue weighted by atomic mass is 35.5. The monoisotopic (exact) mass is 371 g/mol. The molecule has 2 aromatic carbocycles. The van der Waals surface area contributed by atoms with Gasteiger partial charge in [-0.1, -0.05) is 23.7 Å². The number of aromatic nitrogens is 1. The van der Waals surface area contributed by atoms with E-state index in [0.29, 0.717) is 16.6 Å². The number of anilines is 1. The average Bonchev–Trinajstić information content (AvgIpc) is 2.91. The Bertz CT molecular complexity index is 1040. The number of benzene rings is 2. The smallest absolute Gasteiger partial charge is 0.257 e. The van der Waals surface area contributed by atoms with Crippen LogP contribution in [0.5, 0.6) is 0 Å². The molecule has 3 aromatic rings. The first kappa shape index (κ1) is 17.9. The minimum Gasteiger partial charge on any atom is -0.378 e. The van der Waals surface area contributed by atoms with E-state index < -0.39 is 17.3 Å². The van der Waals surface area contributed by atoms with E-state index in [2.05, 4.69) is 5.32 Å². The Kier molecular flexibility index (Phi) is 4.68. The van der Waals surface area contributed by atoms with Gasteiger partial charge in [0.05, 0.1) is 22.6 Å². The lowest BCUT2D eigenvalue weighted by Crippen LogP contribution is -2.43. The number of halogens is 2. The molecule has 1 amide bonds. The highest BCUT2D eigenvalue weighted by Gasteiger charge is 2.31. The van der Waals surface area contributed by atoms with E-state index in [1.54, 1.807) is 24.3 Å².